The Morgan fingerprint density at radius 1 is 1.02 bits per heavy atom. The number of rotatable bonds is 6. The second-order valence-corrected chi connectivity index (χ2v) is 11.0. The quantitative estimate of drug-likeness (QED) is 0.122. The summed E-state index contributed by atoms with van der Waals surface area (Å²) in [6.45, 7) is 7.98. The van der Waals surface area contributed by atoms with Gasteiger partial charge in [0.15, 0.2) is 6.19 Å². The SMILES string of the molecule is CC.Cc1cc(Oc2ccccc2)ccc1N1C(=O)Nc2c(C)sc3nccc1c23.N#CNC1CCC(NC=O)CC1. The summed E-state index contributed by atoms with van der Waals surface area (Å²) in [6.07, 6.45) is 8.34. The van der Waals surface area contributed by atoms with Crippen LogP contribution in [0.4, 0.5) is 21.9 Å². The van der Waals surface area contributed by atoms with Crippen molar-refractivity contribution in [3.63, 3.8) is 0 Å². The zero-order valence-electron chi connectivity index (χ0n) is 24.3. The first kappa shape index (κ1) is 30.3. The molecule has 0 atom stereocenters. The molecule has 1 aliphatic heterocycles. The molecule has 0 spiro atoms. The number of pyridine rings is 1. The molecule has 9 nitrogen and oxygen atoms in total. The number of carbonyl (C=O) groups is 2. The van der Waals surface area contributed by atoms with Gasteiger partial charge in [-0.3, -0.25) is 9.69 Å². The molecule has 1 fully saturated rings. The number of aryl methyl sites for hydroxylation is 2. The third kappa shape index (κ3) is 6.81. The molecule has 3 N–H and O–H groups in total. The molecule has 2 aromatic heterocycles. The van der Waals surface area contributed by atoms with Crippen LogP contribution in [0.15, 0.2) is 60.8 Å². The maximum absolute atomic E-state index is 12.9. The molecule has 3 heterocycles. The van der Waals surface area contributed by atoms with Gasteiger partial charge >= 0.3 is 6.03 Å². The Kier molecular flexibility index (Phi) is 10.3. The van der Waals surface area contributed by atoms with Gasteiger partial charge in [-0.25, -0.2) is 9.78 Å². The summed E-state index contributed by atoms with van der Waals surface area (Å²) >= 11 is 1.59. The van der Waals surface area contributed by atoms with E-state index >= 15 is 0 Å². The van der Waals surface area contributed by atoms with Crippen LogP contribution in [0.25, 0.3) is 10.2 Å². The standard InChI is InChI=1S/C22H17N3O2S.C8H13N3O.C2H6/c1-13-12-16(27-15-6-4-3-5-7-15)8-9-17(13)25-18-10-11-23-21-19(18)20(14(2)28-21)24-22(25)26;9-5-10-7-1-3-8(4-2-7)11-6-12;1-2/h3-12H,1-2H3,(H,24,26);6-8,10H,1-4H2,(H,11,12);1-2H3. The van der Waals surface area contributed by atoms with Crippen molar-refractivity contribution >= 4 is 51.1 Å². The molecule has 218 valence electrons. The van der Waals surface area contributed by atoms with E-state index in [1.54, 1.807) is 22.4 Å². The van der Waals surface area contributed by atoms with E-state index in [1.807, 2.05) is 88.5 Å². The Balaban J connectivity index is 0.000000244. The van der Waals surface area contributed by atoms with Gasteiger partial charge in [0.25, 0.3) is 0 Å². The van der Waals surface area contributed by atoms with Crippen LogP contribution in [0.1, 0.15) is 50.0 Å². The van der Waals surface area contributed by atoms with E-state index in [-0.39, 0.29) is 6.03 Å². The number of benzene rings is 2. The molecule has 0 saturated heterocycles. The number of para-hydroxylation sites is 1. The van der Waals surface area contributed by atoms with E-state index in [1.165, 1.54) is 0 Å². The van der Waals surface area contributed by atoms with Gasteiger partial charge in [0, 0.05) is 23.2 Å². The van der Waals surface area contributed by atoms with Crippen molar-refractivity contribution in [2.24, 2.45) is 0 Å². The molecule has 6 rings (SSSR count). The van der Waals surface area contributed by atoms with Gasteiger partial charge in [-0.15, -0.1) is 11.3 Å². The van der Waals surface area contributed by atoms with Crippen molar-refractivity contribution in [3.8, 4) is 17.7 Å². The van der Waals surface area contributed by atoms with Crippen LogP contribution in [0, 0.1) is 25.3 Å². The van der Waals surface area contributed by atoms with Crippen LogP contribution < -0.4 is 25.6 Å². The number of hydrogen-bond acceptors (Lipinski definition) is 7. The molecule has 2 aromatic carbocycles. The lowest BCUT2D eigenvalue weighted by molar-refractivity contribution is -0.110. The lowest BCUT2D eigenvalue weighted by atomic mass is 9.91. The molecule has 0 bridgehead atoms. The third-order valence-electron chi connectivity index (χ3n) is 7.11. The highest BCUT2D eigenvalue weighted by Crippen LogP contribution is 2.46. The van der Waals surface area contributed by atoms with Crippen LogP contribution in [-0.2, 0) is 4.79 Å². The van der Waals surface area contributed by atoms with Gasteiger partial charge in [-0.05, 0) is 81.5 Å². The first-order valence-electron chi connectivity index (χ1n) is 14.2. The van der Waals surface area contributed by atoms with E-state index < -0.39 is 0 Å². The predicted molar refractivity (Wildman–Crippen MR) is 169 cm³/mol. The first-order chi connectivity index (χ1) is 20.5. The summed E-state index contributed by atoms with van der Waals surface area (Å²) in [5.74, 6) is 1.51. The number of urea groups is 1. The smallest absolute Gasteiger partial charge is 0.331 e. The molecule has 1 aliphatic carbocycles. The summed E-state index contributed by atoms with van der Waals surface area (Å²) in [5, 5.41) is 17.9. The predicted octanol–water partition coefficient (Wildman–Crippen LogP) is 7.53. The molecule has 42 heavy (non-hydrogen) atoms. The Hall–Kier alpha value is -4.62. The second kappa shape index (κ2) is 14.3. The minimum Gasteiger partial charge on any atom is -0.457 e. The van der Waals surface area contributed by atoms with E-state index in [2.05, 4.69) is 20.9 Å². The van der Waals surface area contributed by atoms with Gasteiger partial charge in [-0.1, -0.05) is 32.0 Å². The summed E-state index contributed by atoms with van der Waals surface area (Å²) < 4.78 is 5.92. The Morgan fingerprint density at radius 3 is 2.40 bits per heavy atom. The number of nitrogens with zero attached hydrogens (tertiary/aromatic N) is 3. The summed E-state index contributed by atoms with van der Waals surface area (Å²) in [6, 6.07) is 17.8. The molecular formula is C32H36N6O3S. The fourth-order valence-electron chi connectivity index (χ4n) is 5.12. The maximum Gasteiger partial charge on any atom is 0.331 e. The van der Waals surface area contributed by atoms with E-state index in [9.17, 15) is 9.59 Å². The van der Waals surface area contributed by atoms with Crippen molar-refractivity contribution in [1.82, 2.24) is 15.6 Å². The number of ether oxygens (including phenoxy) is 1. The molecule has 3 amide bonds. The van der Waals surface area contributed by atoms with Crippen molar-refractivity contribution in [2.45, 2.75) is 65.5 Å². The zero-order valence-corrected chi connectivity index (χ0v) is 25.1. The molecule has 10 heteroatoms. The van der Waals surface area contributed by atoms with Crippen LogP contribution in [0.3, 0.4) is 0 Å². The van der Waals surface area contributed by atoms with Gasteiger partial charge in [0.1, 0.15) is 16.3 Å². The highest BCUT2D eigenvalue weighted by Gasteiger charge is 2.30. The number of aromatic nitrogens is 1. The number of hydrogen-bond donors (Lipinski definition) is 3. The van der Waals surface area contributed by atoms with Gasteiger partial charge in [0.2, 0.25) is 6.41 Å². The van der Waals surface area contributed by atoms with Crippen LogP contribution >= 0.6 is 11.3 Å². The summed E-state index contributed by atoms with van der Waals surface area (Å²) in [5.41, 5.74) is 3.49. The number of anilines is 3. The lowest BCUT2D eigenvalue weighted by Crippen LogP contribution is -2.37. The monoisotopic (exact) mass is 584 g/mol. The minimum atomic E-state index is -0.165. The van der Waals surface area contributed by atoms with Gasteiger partial charge in [0.05, 0.1) is 22.4 Å². The molecular weight excluding hydrogens is 548 g/mol. The van der Waals surface area contributed by atoms with Crippen LogP contribution in [0.5, 0.6) is 11.5 Å². The topological polar surface area (TPSA) is 119 Å². The Labute approximate surface area is 250 Å². The van der Waals surface area contributed by atoms with Gasteiger partial charge < -0.3 is 20.7 Å². The van der Waals surface area contributed by atoms with E-state index in [4.69, 9.17) is 10.00 Å². The highest BCUT2D eigenvalue weighted by molar-refractivity contribution is 7.19. The summed E-state index contributed by atoms with van der Waals surface area (Å²) in [4.78, 5) is 31.2. The molecule has 2 aliphatic rings. The third-order valence-corrected chi connectivity index (χ3v) is 8.12. The van der Waals surface area contributed by atoms with Crippen molar-refractivity contribution in [1.29, 1.82) is 5.26 Å². The average Bonchev–Trinajstić information content (AvgIpc) is 3.33. The Morgan fingerprint density at radius 2 is 1.74 bits per heavy atom. The maximum atomic E-state index is 12.9. The lowest BCUT2D eigenvalue weighted by Gasteiger charge is -2.29. The normalized spacial score (nSPS) is 16.9. The van der Waals surface area contributed by atoms with E-state index in [0.717, 1.165) is 81.3 Å². The number of nitriles is 1. The molecule has 0 radical (unpaired) electrons. The number of thiophene rings is 1. The molecule has 4 aromatic rings. The van der Waals surface area contributed by atoms with Crippen molar-refractivity contribution in [3.05, 3.63) is 71.2 Å². The minimum absolute atomic E-state index is 0.165. The van der Waals surface area contributed by atoms with Crippen molar-refractivity contribution < 1.29 is 14.3 Å². The van der Waals surface area contributed by atoms with Crippen molar-refractivity contribution in [2.75, 3.05) is 10.2 Å². The second-order valence-electron chi connectivity index (χ2n) is 9.76. The van der Waals surface area contributed by atoms with Crippen LogP contribution in [0.2, 0.25) is 0 Å². The fraction of sp³-hybridized carbons (Fsp3) is 0.312. The number of carbonyl (C=O) groups excluding carboxylic acids is 2. The van der Waals surface area contributed by atoms with Crippen LogP contribution in [-0.4, -0.2) is 29.5 Å². The largest absolute Gasteiger partial charge is 0.457 e. The average molecular weight is 585 g/mol. The van der Waals surface area contributed by atoms with E-state index in [0.29, 0.717) is 12.1 Å². The Bertz CT molecular complexity index is 1560. The zero-order chi connectivity index (χ0) is 30.1. The number of nitrogens with one attached hydrogen (secondary N) is 3. The summed E-state index contributed by atoms with van der Waals surface area (Å²) in [7, 11) is 0. The molecule has 0 unspecified atom stereocenters. The fourth-order valence-corrected chi connectivity index (χ4v) is 6.09. The molecule has 1 saturated carbocycles. The number of amides is 3. The highest BCUT2D eigenvalue weighted by atomic mass is 32.1. The first-order valence-corrected chi connectivity index (χ1v) is 15.0. The van der Waals surface area contributed by atoms with Gasteiger partial charge in [-0.2, -0.15) is 5.26 Å².